The second kappa shape index (κ2) is 3.44. The lowest BCUT2D eigenvalue weighted by atomic mass is 10.2. The summed E-state index contributed by atoms with van der Waals surface area (Å²) in [6.07, 6.45) is 5.49. The number of nitrogens with zero attached hydrogens (tertiary/aromatic N) is 1. The standard InChI is InChI=1S/C10H13NO3/c1-7(12)14-6-9-3-2-8-4-5-10(13)11(8)9/h2-3,8-9H,4-6H2,1H3. The van der Waals surface area contributed by atoms with E-state index in [1.54, 1.807) is 0 Å². The number of carbonyl (C=O) groups excluding carboxylic acids is 2. The van der Waals surface area contributed by atoms with Crippen molar-refractivity contribution in [1.82, 2.24) is 4.90 Å². The van der Waals surface area contributed by atoms with E-state index in [9.17, 15) is 9.59 Å². The van der Waals surface area contributed by atoms with Gasteiger partial charge in [-0.3, -0.25) is 9.59 Å². The van der Waals surface area contributed by atoms with Gasteiger partial charge in [-0.05, 0) is 6.42 Å². The molecule has 2 aliphatic rings. The lowest BCUT2D eigenvalue weighted by Crippen LogP contribution is -2.38. The van der Waals surface area contributed by atoms with Crippen molar-refractivity contribution < 1.29 is 14.3 Å². The van der Waals surface area contributed by atoms with Crippen molar-refractivity contribution in [3.63, 3.8) is 0 Å². The molecule has 0 spiro atoms. The molecule has 0 radical (unpaired) electrons. The molecule has 14 heavy (non-hydrogen) atoms. The Morgan fingerprint density at radius 1 is 1.64 bits per heavy atom. The molecule has 0 N–H and O–H groups in total. The van der Waals surface area contributed by atoms with Crippen LogP contribution in [0.3, 0.4) is 0 Å². The third-order valence-electron chi connectivity index (χ3n) is 2.67. The number of carbonyl (C=O) groups is 2. The van der Waals surface area contributed by atoms with Crippen LogP contribution < -0.4 is 0 Å². The fourth-order valence-electron chi connectivity index (χ4n) is 2.03. The van der Waals surface area contributed by atoms with Crippen LogP contribution in [0.4, 0.5) is 0 Å². The molecule has 2 heterocycles. The normalized spacial score (nSPS) is 29.5. The fourth-order valence-corrected chi connectivity index (χ4v) is 2.03. The summed E-state index contributed by atoms with van der Waals surface area (Å²) in [6.45, 7) is 1.66. The van der Waals surface area contributed by atoms with Crippen LogP contribution in [0, 0.1) is 0 Å². The third kappa shape index (κ3) is 1.52. The number of hydrogen-bond donors (Lipinski definition) is 0. The highest BCUT2D eigenvalue weighted by atomic mass is 16.5. The maximum atomic E-state index is 11.5. The van der Waals surface area contributed by atoms with Crippen LogP contribution in [0.1, 0.15) is 19.8 Å². The average Bonchev–Trinajstić information content (AvgIpc) is 2.66. The van der Waals surface area contributed by atoms with Crippen molar-refractivity contribution in [2.75, 3.05) is 6.61 Å². The molecule has 0 saturated carbocycles. The molecule has 1 fully saturated rings. The van der Waals surface area contributed by atoms with Gasteiger partial charge in [-0.25, -0.2) is 0 Å². The van der Waals surface area contributed by atoms with E-state index < -0.39 is 0 Å². The minimum Gasteiger partial charge on any atom is -0.463 e. The number of hydrogen-bond acceptors (Lipinski definition) is 3. The molecule has 1 amide bonds. The number of amides is 1. The predicted molar refractivity (Wildman–Crippen MR) is 49.4 cm³/mol. The highest BCUT2D eigenvalue weighted by Gasteiger charge is 2.37. The van der Waals surface area contributed by atoms with Gasteiger partial charge in [0.05, 0.1) is 12.1 Å². The molecule has 2 unspecified atom stereocenters. The van der Waals surface area contributed by atoms with Crippen molar-refractivity contribution in [2.24, 2.45) is 0 Å². The molecule has 0 aromatic heterocycles. The zero-order valence-corrected chi connectivity index (χ0v) is 8.10. The van der Waals surface area contributed by atoms with Crippen LogP contribution >= 0.6 is 0 Å². The van der Waals surface area contributed by atoms with Gasteiger partial charge >= 0.3 is 5.97 Å². The summed E-state index contributed by atoms with van der Waals surface area (Å²) in [5, 5.41) is 0. The van der Waals surface area contributed by atoms with Gasteiger partial charge in [0, 0.05) is 13.3 Å². The Hall–Kier alpha value is -1.32. The molecular formula is C10H13NO3. The number of ether oxygens (including phenoxy) is 1. The van der Waals surface area contributed by atoms with Crippen molar-refractivity contribution in [3.05, 3.63) is 12.2 Å². The van der Waals surface area contributed by atoms with Gasteiger partial charge in [0.25, 0.3) is 0 Å². The summed E-state index contributed by atoms with van der Waals surface area (Å²) in [4.78, 5) is 23.9. The van der Waals surface area contributed by atoms with E-state index in [0.717, 1.165) is 6.42 Å². The van der Waals surface area contributed by atoms with E-state index in [1.165, 1.54) is 6.92 Å². The Labute approximate surface area is 82.5 Å². The van der Waals surface area contributed by atoms with Gasteiger partial charge in [-0.1, -0.05) is 12.2 Å². The van der Waals surface area contributed by atoms with Crippen LogP contribution in [-0.2, 0) is 14.3 Å². The second-order valence-corrected chi connectivity index (χ2v) is 3.66. The summed E-state index contributed by atoms with van der Waals surface area (Å²) >= 11 is 0. The van der Waals surface area contributed by atoms with Gasteiger partial charge in [0.15, 0.2) is 0 Å². The van der Waals surface area contributed by atoms with Crippen LogP contribution in [0.25, 0.3) is 0 Å². The highest BCUT2D eigenvalue weighted by Crippen LogP contribution is 2.28. The SMILES string of the molecule is CC(=O)OCC1C=CC2CCC(=O)N21. The molecule has 2 rings (SSSR count). The van der Waals surface area contributed by atoms with E-state index in [1.807, 2.05) is 17.1 Å². The Balaban J connectivity index is 1.97. The summed E-state index contributed by atoms with van der Waals surface area (Å²) < 4.78 is 4.90. The summed E-state index contributed by atoms with van der Waals surface area (Å²) in [6, 6.07) is 0.196. The van der Waals surface area contributed by atoms with Crippen LogP contribution in [0.2, 0.25) is 0 Å². The van der Waals surface area contributed by atoms with Gasteiger partial charge in [0.1, 0.15) is 6.61 Å². The molecule has 4 heteroatoms. The van der Waals surface area contributed by atoms with Crippen LogP contribution in [0.5, 0.6) is 0 Å². The van der Waals surface area contributed by atoms with Crippen LogP contribution in [0.15, 0.2) is 12.2 Å². The number of rotatable bonds is 2. The molecule has 0 aliphatic carbocycles. The molecule has 0 aromatic carbocycles. The fraction of sp³-hybridized carbons (Fsp3) is 0.600. The van der Waals surface area contributed by atoms with Gasteiger partial charge in [-0.2, -0.15) is 0 Å². The maximum absolute atomic E-state index is 11.5. The Kier molecular flexibility index (Phi) is 2.27. The molecule has 0 aromatic rings. The predicted octanol–water partition coefficient (Wildman–Crippen LogP) is 0.479. The lowest BCUT2D eigenvalue weighted by Gasteiger charge is -2.23. The third-order valence-corrected chi connectivity index (χ3v) is 2.67. The summed E-state index contributed by atoms with van der Waals surface area (Å²) in [5.74, 6) is -0.134. The molecule has 4 nitrogen and oxygen atoms in total. The van der Waals surface area contributed by atoms with E-state index in [2.05, 4.69) is 0 Å². The molecule has 0 bridgehead atoms. The van der Waals surface area contributed by atoms with E-state index in [0.29, 0.717) is 6.42 Å². The Morgan fingerprint density at radius 2 is 2.43 bits per heavy atom. The van der Waals surface area contributed by atoms with Crippen molar-refractivity contribution in [1.29, 1.82) is 0 Å². The maximum Gasteiger partial charge on any atom is 0.302 e. The first-order valence-electron chi connectivity index (χ1n) is 4.81. The van der Waals surface area contributed by atoms with Crippen molar-refractivity contribution in [3.8, 4) is 0 Å². The Bertz CT molecular complexity index is 298. The quantitative estimate of drug-likeness (QED) is 0.475. The zero-order chi connectivity index (χ0) is 10.1. The van der Waals surface area contributed by atoms with Crippen LogP contribution in [-0.4, -0.2) is 35.5 Å². The first kappa shape index (κ1) is 9.24. The minimum atomic E-state index is -0.298. The molecule has 76 valence electrons. The topological polar surface area (TPSA) is 46.6 Å². The monoisotopic (exact) mass is 195 g/mol. The summed E-state index contributed by atoms with van der Waals surface area (Å²) in [7, 11) is 0. The van der Waals surface area contributed by atoms with E-state index >= 15 is 0 Å². The van der Waals surface area contributed by atoms with Gasteiger partial charge in [0.2, 0.25) is 5.91 Å². The van der Waals surface area contributed by atoms with Crippen molar-refractivity contribution >= 4 is 11.9 Å². The van der Waals surface area contributed by atoms with E-state index in [4.69, 9.17) is 4.74 Å². The molecule has 1 saturated heterocycles. The van der Waals surface area contributed by atoms with Gasteiger partial charge < -0.3 is 9.64 Å². The smallest absolute Gasteiger partial charge is 0.302 e. The minimum absolute atomic E-state index is 0.0427. The molecule has 2 aliphatic heterocycles. The highest BCUT2D eigenvalue weighted by molar-refractivity contribution is 5.80. The zero-order valence-electron chi connectivity index (χ0n) is 8.10. The van der Waals surface area contributed by atoms with Crippen molar-refractivity contribution in [2.45, 2.75) is 31.8 Å². The summed E-state index contributed by atoms with van der Waals surface area (Å²) in [5.41, 5.74) is 0. The van der Waals surface area contributed by atoms with E-state index in [-0.39, 0.29) is 30.6 Å². The average molecular weight is 195 g/mol. The molecular weight excluding hydrogens is 182 g/mol. The Morgan fingerprint density at radius 3 is 3.14 bits per heavy atom. The first-order valence-corrected chi connectivity index (χ1v) is 4.81. The second-order valence-electron chi connectivity index (χ2n) is 3.66. The number of esters is 1. The molecule has 2 atom stereocenters. The first-order chi connectivity index (χ1) is 6.68. The largest absolute Gasteiger partial charge is 0.463 e. The number of fused-ring (bicyclic) bond motifs is 1. The lowest BCUT2D eigenvalue weighted by molar-refractivity contribution is -0.144. The van der Waals surface area contributed by atoms with Gasteiger partial charge in [-0.15, -0.1) is 0 Å².